The topological polar surface area (TPSA) is 57.1 Å². The monoisotopic (exact) mass is 349 g/mol. The van der Waals surface area contributed by atoms with Crippen LogP contribution in [0.2, 0.25) is 0 Å². The van der Waals surface area contributed by atoms with Gasteiger partial charge in [-0.05, 0) is 53.0 Å². The van der Waals surface area contributed by atoms with Crippen molar-refractivity contribution in [3.05, 3.63) is 55.0 Å². The average Bonchev–Trinajstić information content (AvgIpc) is 3.11. The van der Waals surface area contributed by atoms with Gasteiger partial charge < -0.3 is 9.47 Å². The predicted molar refractivity (Wildman–Crippen MR) is 99.2 cm³/mol. The van der Waals surface area contributed by atoms with Crippen LogP contribution in [0.15, 0.2) is 55.0 Å². The molecule has 0 aliphatic rings. The summed E-state index contributed by atoms with van der Waals surface area (Å²) in [6.45, 7) is 0. The summed E-state index contributed by atoms with van der Waals surface area (Å²) in [7, 11) is 3.26. The maximum atomic E-state index is 5.38. The van der Waals surface area contributed by atoms with Crippen molar-refractivity contribution < 1.29 is 9.47 Å². The predicted octanol–water partition coefficient (Wildman–Crippen LogP) is 4.44. The summed E-state index contributed by atoms with van der Waals surface area (Å²) in [5.41, 5.74) is 4.85. The molecule has 1 aromatic carbocycles. The number of methoxy groups -OCH3 is 2. The van der Waals surface area contributed by atoms with Crippen molar-refractivity contribution in [1.29, 1.82) is 0 Å². The van der Waals surface area contributed by atoms with Crippen molar-refractivity contribution in [2.75, 3.05) is 14.2 Å². The Labute approximate surface area is 149 Å². The van der Waals surface area contributed by atoms with Crippen molar-refractivity contribution in [2.24, 2.45) is 0 Å². The third kappa shape index (κ3) is 2.81. The Kier molecular flexibility index (Phi) is 4.03. The van der Waals surface area contributed by atoms with Crippen LogP contribution < -0.4 is 9.47 Å². The van der Waals surface area contributed by atoms with Crippen molar-refractivity contribution in [1.82, 2.24) is 14.3 Å². The van der Waals surface area contributed by atoms with Crippen LogP contribution in [-0.4, -0.2) is 28.6 Å². The molecule has 0 amide bonds. The fourth-order valence-electron chi connectivity index (χ4n) is 2.70. The van der Waals surface area contributed by atoms with Crippen LogP contribution in [0.5, 0.6) is 11.5 Å². The van der Waals surface area contributed by atoms with E-state index in [4.69, 9.17) is 9.47 Å². The molecule has 3 heterocycles. The van der Waals surface area contributed by atoms with Crippen molar-refractivity contribution >= 4 is 22.6 Å². The zero-order valence-corrected chi connectivity index (χ0v) is 14.6. The molecule has 0 aliphatic heterocycles. The van der Waals surface area contributed by atoms with E-state index in [0.29, 0.717) is 11.5 Å². The second-order valence-corrected chi connectivity index (χ2v) is 6.18. The van der Waals surface area contributed by atoms with E-state index in [-0.39, 0.29) is 0 Å². The minimum absolute atomic E-state index is 0.691. The summed E-state index contributed by atoms with van der Waals surface area (Å²) < 4.78 is 15.2. The van der Waals surface area contributed by atoms with Gasteiger partial charge in [-0.2, -0.15) is 4.37 Å². The van der Waals surface area contributed by atoms with Gasteiger partial charge in [-0.15, -0.1) is 0 Å². The normalized spacial score (nSPS) is 10.8. The van der Waals surface area contributed by atoms with Crippen LogP contribution in [0.25, 0.3) is 32.6 Å². The summed E-state index contributed by atoms with van der Waals surface area (Å²) in [5.74, 6) is 1.39. The summed E-state index contributed by atoms with van der Waals surface area (Å²) >= 11 is 1.45. The Balaban J connectivity index is 1.78. The average molecular weight is 349 g/mol. The number of hydrogen-bond acceptors (Lipinski definition) is 6. The lowest BCUT2D eigenvalue weighted by molar-refractivity contribution is 0.355. The lowest BCUT2D eigenvalue weighted by Crippen LogP contribution is -1.91. The van der Waals surface area contributed by atoms with Gasteiger partial charge in [0.25, 0.3) is 0 Å². The highest BCUT2D eigenvalue weighted by Crippen LogP contribution is 2.35. The molecule has 0 unspecified atom stereocenters. The van der Waals surface area contributed by atoms with Gasteiger partial charge in [0.15, 0.2) is 11.5 Å². The molecular weight excluding hydrogens is 334 g/mol. The van der Waals surface area contributed by atoms with Crippen LogP contribution in [0.1, 0.15) is 0 Å². The molecular formula is C19H15N3O2S. The molecule has 0 N–H and O–H groups in total. The fraction of sp³-hybridized carbons (Fsp3) is 0.105. The van der Waals surface area contributed by atoms with Crippen LogP contribution in [0, 0.1) is 0 Å². The second-order valence-electron chi connectivity index (χ2n) is 5.41. The molecule has 0 saturated heterocycles. The van der Waals surface area contributed by atoms with E-state index >= 15 is 0 Å². The molecule has 0 saturated carbocycles. The van der Waals surface area contributed by atoms with Crippen LogP contribution in [0.3, 0.4) is 0 Å². The molecule has 0 spiro atoms. The van der Waals surface area contributed by atoms with Crippen LogP contribution >= 0.6 is 11.5 Å². The first-order chi connectivity index (χ1) is 12.3. The molecule has 124 valence electrons. The number of hydrogen-bond donors (Lipinski definition) is 0. The van der Waals surface area contributed by atoms with Crippen molar-refractivity contribution in [2.45, 2.75) is 0 Å². The third-order valence-corrected chi connectivity index (χ3v) is 4.88. The quantitative estimate of drug-likeness (QED) is 0.545. The van der Waals surface area contributed by atoms with Crippen LogP contribution in [0.4, 0.5) is 0 Å². The number of rotatable bonds is 4. The van der Waals surface area contributed by atoms with E-state index in [1.807, 2.05) is 42.6 Å². The molecule has 25 heavy (non-hydrogen) atoms. The van der Waals surface area contributed by atoms with Gasteiger partial charge in [0.2, 0.25) is 0 Å². The van der Waals surface area contributed by atoms with Gasteiger partial charge in [0.1, 0.15) is 11.0 Å². The highest BCUT2D eigenvalue weighted by Gasteiger charge is 2.12. The Morgan fingerprint density at radius 2 is 1.64 bits per heavy atom. The van der Waals surface area contributed by atoms with Crippen molar-refractivity contribution in [3.8, 4) is 33.1 Å². The van der Waals surface area contributed by atoms with Crippen molar-refractivity contribution in [3.63, 3.8) is 0 Å². The first-order valence-corrected chi connectivity index (χ1v) is 8.45. The number of fused-ring (bicyclic) bond motifs is 1. The number of pyridine rings is 2. The number of ether oxygens (including phenoxy) is 2. The summed E-state index contributed by atoms with van der Waals surface area (Å²) in [4.78, 5) is 9.76. The van der Waals surface area contributed by atoms with Gasteiger partial charge in [-0.3, -0.25) is 9.97 Å². The maximum absolute atomic E-state index is 5.38. The van der Waals surface area contributed by atoms with Crippen LogP contribution in [-0.2, 0) is 0 Å². The molecule has 0 radical (unpaired) electrons. The summed E-state index contributed by atoms with van der Waals surface area (Å²) in [5, 5.41) is 0. The molecule has 0 aliphatic carbocycles. The molecule has 0 bridgehead atoms. The second kappa shape index (κ2) is 6.49. The first kappa shape index (κ1) is 15.5. The lowest BCUT2D eigenvalue weighted by Gasteiger charge is -2.09. The van der Waals surface area contributed by atoms with E-state index < -0.39 is 0 Å². The Morgan fingerprint density at radius 1 is 0.840 bits per heavy atom. The van der Waals surface area contributed by atoms with E-state index in [1.54, 1.807) is 26.6 Å². The molecule has 0 fully saturated rings. The highest BCUT2D eigenvalue weighted by molar-refractivity contribution is 7.11. The lowest BCUT2D eigenvalue weighted by atomic mass is 10.1. The smallest absolute Gasteiger partial charge is 0.161 e. The fourth-order valence-corrected chi connectivity index (χ4v) is 3.52. The number of nitrogens with zero attached hydrogens (tertiary/aromatic N) is 3. The third-order valence-electron chi connectivity index (χ3n) is 3.98. The molecule has 6 heteroatoms. The van der Waals surface area contributed by atoms with E-state index in [1.165, 1.54) is 11.5 Å². The van der Waals surface area contributed by atoms with Gasteiger partial charge in [0, 0.05) is 24.2 Å². The Bertz CT molecular complexity index is 1030. The van der Waals surface area contributed by atoms with Gasteiger partial charge in [0.05, 0.1) is 19.1 Å². The highest BCUT2D eigenvalue weighted by atomic mass is 32.1. The number of aromatic nitrogens is 3. The van der Waals surface area contributed by atoms with E-state index in [9.17, 15) is 0 Å². The Morgan fingerprint density at radius 3 is 2.40 bits per heavy atom. The standard InChI is InChI=1S/C19H15N3O2S/c1-23-16-4-3-13(10-17(16)24-2)14-9-15-18(21-11-14)19(25-22-15)12-5-7-20-8-6-12/h3-11H,1-2H3. The zero-order valence-electron chi connectivity index (χ0n) is 13.8. The Hall–Kier alpha value is -2.99. The summed E-state index contributed by atoms with van der Waals surface area (Å²) in [6.07, 6.45) is 5.42. The molecule has 5 nitrogen and oxygen atoms in total. The molecule has 4 aromatic rings. The first-order valence-electron chi connectivity index (χ1n) is 7.68. The largest absolute Gasteiger partial charge is 0.493 e. The van der Waals surface area contributed by atoms with E-state index in [0.717, 1.165) is 32.6 Å². The van der Waals surface area contributed by atoms with Gasteiger partial charge in [-0.1, -0.05) is 6.07 Å². The number of benzene rings is 1. The molecule has 0 atom stereocenters. The molecule has 3 aromatic heterocycles. The zero-order chi connectivity index (χ0) is 17.2. The minimum atomic E-state index is 0.691. The van der Waals surface area contributed by atoms with E-state index in [2.05, 4.69) is 14.3 Å². The van der Waals surface area contributed by atoms with Gasteiger partial charge in [-0.25, -0.2) is 0 Å². The minimum Gasteiger partial charge on any atom is -0.493 e. The van der Waals surface area contributed by atoms with Gasteiger partial charge >= 0.3 is 0 Å². The SMILES string of the molecule is COc1ccc(-c2cnc3c(-c4ccncc4)snc3c2)cc1OC. The molecule has 4 rings (SSSR count). The maximum Gasteiger partial charge on any atom is 0.161 e. The summed E-state index contributed by atoms with van der Waals surface area (Å²) in [6, 6.07) is 11.8.